The number of carbonyl (C=O) groups is 1. The first-order chi connectivity index (χ1) is 15.3. The average Bonchev–Trinajstić information content (AvgIpc) is 3.20. The molecular weight excluding hydrogens is 435 g/mol. The zero-order valence-corrected chi connectivity index (χ0v) is 18.7. The maximum atomic E-state index is 13.1. The van der Waals surface area contributed by atoms with Gasteiger partial charge >= 0.3 is 0 Å². The smallest absolute Gasteiger partial charge is 0.275 e. The third-order valence-electron chi connectivity index (χ3n) is 5.38. The van der Waals surface area contributed by atoms with E-state index in [2.05, 4.69) is 10.2 Å². The summed E-state index contributed by atoms with van der Waals surface area (Å²) < 4.78 is 20.0. The molecule has 0 unspecified atom stereocenters. The number of ether oxygens (including phenoxy) is 1. The summed E-state index contributed by atoms with van der Waals surface area (Å²) in [5, 5.41) is 19.9. The van der Waals surface area contributed by atoms with E-state index in [0.29, 0.717) is 29.6 Å². The fourth-order valence-electron chi connectivity index (χ4n) is 3.97. The maximum absolute atomic E-state index is 13.1. The van der Waals surface area contributed by atoms with Gasteiger partial charge in [-0.3, -0.25) is 9.59 Å². The second-order valence-electron chi connectivity index (χ2n) is 7.94. The van der Waals surface area contributed by atoms with Crippen molar-refractivity contribution in [2.24, 2.45) is 0 Å². The lowest BCUT2D eigenvalue weighted by Crippen LogP contribution is -2.53. The molecule has 1 atom stereocenters. The second-order valence-corrected chi connectivity index (χ2v) is 9.00. The van der Waals surface area contributed by atoms with Gasteiger partial charge in [0.05, 0.1) is 18.2 Å². The van der Waals surface area contributed by atoms with Crippen molar-refractivity contribution in [3.05, 3.63) is 62.8 Å². The Morgan fingerprint density at radius 3 is 2.62 bits per heavy atom. The summed E-state index contributed by atoms with van der Waals surface area (Å²) in [5.74, 6) is -1.32. The first-order valence-electron chi connectivity index (χ1n) is 10.1. The zero-order chi connectivity index (χ0) is 23.0. The number of rotatable bonds is 6. The molecule has 1 aliphatic rings. The maximum Gasteiger partial charge on any atom is 0.275 e. The molecule has 8 nitrogen and oxygen atoms in total. The molecule has 0 radical (unpaired) electrons. The van der Waals surface area contributed by atoms with Crippen molar-refractivity contribution in [2.45, 2.75) is 38.9 Å². The lowest BCUT2D eigenvalue weighted by molar-refractivity contribution is 0.0307. The number of pyridine rings is 1. The third-order valence-corrected chi connectivity index (χ3v) is 6.33. The number of methoxy groups -OCH3 is 1. The molecule has 0 bridgehead atoms. The molecule has 1 amide bonds. The molecular formula is C22H23FN4O4S. The van der Waals surface area contributed by atoms with Gasteiger partial charge in [0.2, 0.25) is 5.43 Å². The van der Waals surface area contributed by atoms with E-state index in [4.69, 9.17) is 4.74 Å². The van der Waals surface area contributed by atoms with Crippen LogP contribution in [0.25, 0.3) is 10.6 Å². The number of carbonyl (C=O) groups excluding carboxylic acids is 1. The highest BCUT2D eigenvalue weighted by molar-refractivity contribution is 7.14. The van der Waals surface area contributed by atoms with Gasteiger partial charge in [0.1, 0.15) is 10.8 Å². The average molecular weight is 459 g/mol. The van der Waals surface area contributed by atoms with Gasteiger partial charge in [0.15, 0.2) is 16.5 Å². The van der Waals surface area contributed by atoms with Gasteiger partial charge in [0.25, 0.3) is 5.91 Å². The summed E-state index contributed by atoms with van der Waals surface area (Å²) in [6, 6.07) is 5.72. The van der Waals surface area contributed by atoms with Crippen LogP contribution in [0, 0.1) is 5.82 Å². The molecule has 10 heteroatoms. The predicted molar refractivity (Wildman–Crippen MR) is 117 cm³/mol. The van der Waals surface area contributed by atoms with Crippen molar-refractivity contribution in [3.63, 3.8) is 0 Å². The van der Waals surface area contributed by atoms with Crippen molar-refractivity contribution in [3.8, 4) is 16.3 Å². The van der Waals surface area contributed by atoms with E-state index in [0.717, 1.165) is 5.56 Å². The SMILES string of the molecule is COC[C@H]1Cn2cc(-c3nnc(Cc4ccc(F)cc4)s3)c(=O)c(O)c2C(=O)N1C(C)C. The van der Waals surface area contributed by atoms with Crippen LogP contribution in [-0.4, -0.2) is 56.5 Å². The van der Waals surface area contributed by atoms with Gasteiger partial charge in [-0.05, 0) is 31.5 Å². The summed E-state index contributed by atoms with van der Waals surface area (Å²) in [6.45, 7) is 4.45. The Balaban J connectivity index is 1.71. The minimum Gasteiger partial charge on any atom is -0.503 e. The van der Waals surface area contributed by atoms with E-state index < -0.39 is 17.1 Å². The Hall–Kier alpha value is -3.11. The van der Waals surface area contributed by atoms with E-state index >= 15 is 0 Å². The normalized spacial score (nSPS) is 16.0. The van der Waals surface area contributed by atoms with Crippen molar-refractivity contribution < 1.29 is 19.0 Å². The quantitative estimate of drug-likeness (QED) is 0.610. The number of halogens is 1. The van der Waals surface area contributed by atoms with E-state index in [1.165, 1.54) is 23.5 Å². The molecule has 0 fully saturated rings. The van der Waals surface area contributed by atoms with Gasteiger partial charge in [-0.1, -0.05) is 23.5 Å². The third kappa shape index (κ3) is 4.03. The summed E-state index contributed by atoms with van der Waals surface area (Å²) in [7, 11) is 1.57. The number of aromatic hydroxyl groups is 1. The lowest BCUT2D eigenvalue weighted by atomic mass is 10.1. The van der Waals surface area contributed by atoms with Gasteiger partial charge in [0, 0.05) is 32.3 Å². The molecule has 3 heterocycles. The van der Waals surface area contributed by atoms with Gasteiger partial charge in [-0.2, -0.15) is 0 Å². The van der Waals surface area contributed by atoms with Crippen molar-refractivity contribution in [1.82, 2.24) is 19.7 Å². The molecule has 32 heavy (non-hydrogen) atoms. The van der Waals surface area contributed by atoms with E-state index in [1.54, 1.807) is 34.9 Å². The van der Waals surface area contributed by atoms with Crippen LogP contribution >= 0.6 is 11.3 Å². The summed E-state index contributed by atoms with van der Waals surface area (Å²) in [6.07, 6.45) is 1.99. The van der Waals surface area contributed by atoms with Crippen LogP contribution in [-0.2, 0) is 17.7 Å². The molecule has 2 aromatic heterocycles. The Bertz CT molecular complexity index is 1210. The predicted octanol–water partition coefficient (Wildman–Crippen LogP) is 2.68. The molecule has 1 aliphatic heterocycles. The summed E-state index contributed by atoms with van der Waals surface area (Å²) in [5.41, 5.74) is 0.343. The van der Waals surface area contributed by atoms with E-state index in [1.807, 2.05) is 13.8 Å². The van der Waals surface area contributed by atoms with E-state index in [-0.39, 0.29) is 29.2 Å². The molecule has 0 saturated heterocycles. The molecule has 1 N–H and O–H groups in total. The highest BCUT2D eigenvalue weighted by Crippen LogP contribution is 2.30. The largest absolute Gasteiger partial charge is 0.503 e. The molecule has 1 aromatic carbocycles. The molecule has 4 rings (SSSR count). The number of nitrogens with zero attached hydrogens (tertiary/aromatic N) is 4. The van der Waals surface area contributed by atoms with Crippen molar-refractivity contribution in [2.75, 3.05) is 13.7 Å². The van der Waals surface area contributed by atoms with Crippen LogP contribution in [0.2, 0.25) is 0 Å². The van der Waals surface area contributed by atoms with E-state index in [9.17, 15) is 19.1 Å². The number of amides is 1. The number of hydrogen-bond donors (Lipinski definition) is 1. The minimum atomic E-state index is -0.664. The van der Waals surface area contributed by atoms with Gasteiger partial charge < -0.3 is 19.3 Å². The first-order valence-corrected chi connectivity index (χ1v) is 11.0. The standard InChI is InChI=1S/C22H23FN4O4S/c1-12(2)27-15(11-31-3)9-26-10-16(19(28)20(29)18(26)22(27)30)21-25-24-17(32-21)8-13-4-6-14(23)7-5-13/h4-7,10,12,15,29H,8-9,11H2,1-3H3/t15-/m1/s1. The van der Waals surface area contributed by atoms with Crippen molar-refractivity contribution in [1.29, 1.82) is 0 Å². The monoisotopic (exact) mass is 458 g/mol. The zero-order valence-electron chi connectivity index (χ0n) is 17.9. The van der Waals surface area contributed by atoms with Crippen LogP contribution in [0.4, 0.5) is 4.39 Å². The Morgan fingerprint density at radius 1 is 1.25 bits per heavy atom. The first kappa shape index (κ1) is 22.1. The molecule has 168 valence electrons. The van der Waals surface area contributed by atoms with Crippen molar-refractivity contribution >= 4 is 17.2 Å². The van der Waals surface area contributed by atoms with Crippen LogP contribution in [0.3, 0.4) is 0 Å². The highest BCUT2D eigenvalue weighted by atomic mass is 32.1. The topological polar surface area (TPSA) is 97.5 Å². The molecule has 0 aliphatic carbocycles. The highest BCUT2D eigenvalue weighted by Gasteiger charge is 2.37. The fraction of sp³-hybridized carbons (Fsp3) is 0.364. The number of hydrogen-bond acceptors (Lipinski definition) is 7. The number of fused-ring (bicyclic) bond motifs is 1. The lowest BCUT2D eigenvalue weighted by Gasteiger charge is -2.40. The number of aromatic nitrogens is 3. The minimum absolute atomic E-state index is 0.0316. The Kier molecular flexibility index (Phi) is 6.07. The summed E-state index contributed by atoms with van der Waals surface area (Å²) >= 11 is 1.22. The van der Waals surface area contributed by atoms with Crippen LogP contribution in [0.5, 0.6) is 5.75 Å². The van der Waals surface area contributed by atoms with Crippen LogP contribution in [0.1, 0.15) is 34.9 Å². The second kappa shape index (κ2) is 8.79. The fourth-order valence-corrected chi connectivity index (χ4v) is 4.85. The summed E-state index contributed by atoms with van der Waals surface area (Å²) in [4.78, 5) is 27.6. The van der Waals surface area contributed by atoms with Crippen LogP contribution < -0.4 is 5.43 Å². The Morgan fingerprint density at radius 2 is 1.97 bits per heavy atom. The molecule has 0 spiro atoms. The molecule has 3 aromatic rings. The van der Waals surface area contributed by atoms with Gasteiger partial charge in [-0.15, -0.1) is 10.2 Å². The Labute approximate surface area is 187 Å². The van der Waals surface area contributed by atoms with Crippen LogP contribution in [0.15, 0.2) is 35.3 Å². The van der Waals surface area contributed by atoms with Gasteiger partial charge in [-0.25, -0.2) is 4.39 Å². The molecule has 0 saturated carbocycles. The number of benzene rings is 1.